The predicted octanol–water partition coefficient (Wildman–Crippen LogP) is 3.70. The van der Waals surface area contributed by atoms with E-state index in [1.807, 2.05) is 0 Å². The maximum atomic E-state index is 8.65. The zero-order valence-electron chi connectivity index (χ0n) is 17.7. The van der Waals surface area contributed by atoms with Crippen molar-refractivity contribution in [1.82, 2.24) is 0 Å². The standard InChI is InChI=1S/C22H41N4O/c1-4-19-17-20(27-16-10-18(2)3)9-11-22(19,21(24)25)26(15-8-12-23)13-6-5-7-14-26/h9,17-18H,4-8,10-16,23H2,1-3H3,(H3,24,25)/q+1. The molecule has 2 rings (SSSR count). The summed E-state index contributed by atoms with van der Waals surface area (Å²) in [6.07, 6.45) is 11.8. The van der Waals surface area contributed by atoms with Gasteiger partial charge in [-0.2, -0.15) is 0 Å². The highest BCUT2D eigenvalue weighted by Crippen LogP contribution is 2.43. The first-order valence-corrected chi connectivity index (χ1v) is 10.9. The second-order valence-electron chi connectivity index (χ2n) is 8.66. The Morgan fingerprint density at radius 3 is 2.56 bits per heavy atom. The summed E-state index contributed by atoms with van der Waals surface area (Å²) in [5.41, 5.74) is 13.1. The molecule has 0 aromatic rings. The molecule has 2 aliphatic rings. The van der Waals surface area contributed by atoms with Gasteiger partial charge in [-0.25, -0.2) is 0 Å². The summed E-state index contributed by atoms with van der Waals surface area (Å²) >= 11 is 0. The van der Waals surface area contributed by atoms with Crippen LogP contribution in [0.25, 0.3) is 0 Å². The lowest BCUT2D eigenvalue weighted by Gasteiger charge is -2.56. The first kappa shape index (κ1) is 22.0. The Balaban J connectivity index is 2.34. The molecule has 5 nitrogen and oxygen atoms in total. The predicted molar refractivity (Wildman–Crippen MR) is 114 cm³/mol. The minimum absolute atomic E-state index is 0.312. The number of allylic oxidation sites excluding steroid dienone is 1. The number of nitrogens with one attached hydrogen (secondary N) is 1. The Morgan fingerprint density at radius 1 is 1.30 bits per heavy atom. The molecule has 1 saturated heterocycles. The molecule has 0 bridgehead atoms. The van der Waals surface area contributed by atoms with Crippen LogP contribution in [0.1, 0.15) is 65.7 Å². The Morgan fingerprint density at radius 2 is 2.00 bits per heavy atom. The number of nitrogens with zero attached hydrogens (tertiary/aromatic N) is 1. The van der Waals surface area contributed by atoms with Crippen LogP contribution < -0.4 is 11.5 Å². The second-order valence-corrected chi connectivity index (χ2v) is 8.66. The van der Waals surface area contributed by atoms with E-state index in [-0.39, 0.29) is 0 Å². The molecule has 27 heavy (non-hydrogen) atoms. The Bertz CT molecular complexity index is 561. The van der Waals surface area contributed by atoms with Gasteiger partial charge in [0.05, 0.1) is 26.2 Å². The van der Waals surface area contributed by atoms with Gasteiger partial charge in [-0.15, -0.1) is 0 Å². The molecule has 1 fully saturated rings. The number of likely N-dealkylation sites (tertiary alicyclic amines) is 1. The lowest BCUT2D eigenvalue weighted by Crippen LogP contribution is -2.72. The Kier molecular flexibility index (Phi) is 7.92. The van der Waals surface area contributed by atoms with E-state index in [0.717, 1.165) is 62.2 Å². The molecule has 0 aromatic carbocycles. The highest BCUT2D eigenvalue weighted by molar-refractivity contribution is 5.90. The summed E-state index contributed by atoms with van der Waals surface area (Å²) in [5, 5.41) is 8.65. The van der Waals surface area contributed by atoms with Crippen molar-refractivity contribution in [3.63, 3.8) is 0 Å². The number of amidine groups is 1. The smallest absolute Gasteiger partial charge is 0.182 e. The van der Waals surface area contributed by atoms with Crippen molar-refractivity contribution in [2.75, 3.05) is 32.8 Å². The van der Waals surface area contributed by atoms with Crippen molar-refractivity contribution in [2.24, 2.45) is 17.4 Å². The molecule has 5 N–H and O–H groups in total. The molecule has 1 aliphatic heterocycles. The van der Waals surface area contributed by atoms with Crippen molar-refractivity contribution in [2.45, 2.75) is 71.3 Å². The van der Waals surface area contributed by atoms with Crippen molar-refractivity contribution >= 4 is 5.84 Å². The number of quaternary nitrogens is 1. The summed E-state index contributed by atoms with van der Waals surface area (Å²) in [6, 6.07) is 0. The molecule has 1 aliphatic carbocycles. The van der Waals surface area contributed by atoms with Crippen molar-refractivity contribution in [3.8, 4) is 0 Å². The average molecular weight is 378 g/mol. The molecule has 0 amide bonds. The van der Waals surface area contributed by atoms with Gasteiger partial charge >= 0.3 is 0 Å². The van der Waals surface area contributed by atoms with Gasteiger partial charge in [0.25, 0.3) is 0 Å². The fourth-order valence-electron chi connectivity index (χ4n) is 4.98. The van der Waals surface area contributed by atoms with Crippen molar-refractivity contribution < 1.29 is 9.22 Å². The Labute approximate surface area is 165 Å². The third kappa shape index (κ3) is 4.57. The zero-order valence-corrected chi connectivity index (χ0v) is 17.7. The van der Waals surface area contributed by atoms with Crippen LogP contribution in [-0.4, -0.2) is 48.6 Å². The van der Waals surface area contributed by atoms with Gasteiger partial charge < -0.3 is 20.7 Å². The largest absolute Gasteiger partial charge is 0.494 e. The first-order valence-electron chi connectivity index (χ1n) is 10.9. The fraction of sp³-hybridized carbons (Fsp3) is 0.773. The van der Waals surface area contributed by atoms with Crippen LogP contribution in [0.5, 0.6) is 0 Å². The van der Waals surface area contributed by atoms with E-state index in [4.69, 9.17) is 21.6 Å². The molecular formula is C22H41N4O+. The lowest BCUT2D eigenvalue weighted by molar-refractivity contribution is -0.964. The van der Waals surface area contributed by atoms with Crippen LogP contribution in [-0.2, 0) is 4.74 Å². The molecule has 5 heteroatoms. The summed E-state index contributed by atoms with van der Waals surface area (Å²) in [5.74, 6) is 1.91. The monoisotopic (exact) mass is 377 g/mol. The van der Waals surface area contributed by atoms with E-state index >= 15 is 0 Å². The number of ether oxygens (including phenoxy) is 1. The molecule has 1 unspecified atom stereocenters. The van der Waals surface area contributed by atoms with Gasteiger partial charge in [-0.05, 0) is 56.7 Å². The minimum atomic E-state index is -0.421. The highest BCUT2D eigenvalue weighted by Gasteiger charge is 2.56. The van der Waals surface area contributed by atoms with E-state index in [0.29, 0.717) is 18.3 Å². The third-order valence-corrected chi connectivity index (χ3v) is 6.51. The van der Waals surface area contributed by atoms with Crippen LogP contribution in [0.15, 0.2) is 23.5 Å². The van der Waals surface area contributed by atoms with Crippen molar-refractivity contribution in [3.05, 3.63) is 23.5 Å². The third-order valence-electron chi connectivity index (χ3n) is 6.51. The van der Waals surface area contributed by atoms with E-state index in [9.17, 15) is 0 Å². The summed E-state index contributed by atoms with van der Waals surface area (Å²) < 4.78 is 6.94. The number of hydrogen-bond donors (Lipinski definition) is 3. The van der Waals surface area contributed by atoms with Gasteiger partial charge in [-0.1, -0.05) is 20.8 Å². The highest BCUT2D eigenvalue weighted by atomic mass is 16.5. The lowest BCUT2D eigenvalue weighted by atomic mass is 9.75. The SMILES string of the molecule is CCC1=CC(OCCC(C)C)=CCC1(C(=N)N)[N+]1(CCCN)CCCCC1. The van der Waals surface area contributed by atoms with Crippen LogP contribution in [0.2, 0.25) is 0 Å². The number of nitrogens with two attached hydrogens (primary N) is 2. The zero-order chi connectivity index (χ0) is 19.9. The topological polar surface area (TPSA) is 85.1 Å². The number of rotatable bonds is 10. The molecular weight excluding hydrogens is 336 g/mol. The first-order chi connectivity index (χ1) is 12.9. The quantitative estimate of drug-likeness (QED) is 0.308. The fourth-order valence-corrected chi connectivity index (χ4v) is 4.98. The molecule has 0 spiro atoms. The van der Waals surface area contributed by atoms with Crippen LogP contribution in [0.3, 0.4) is 0 Å². The molecule has 0 saturated carbocycles. The van der Waals surface area contributed by atoms with Gasteiger partial charge in [0.1, 0.15) is 5.76 Å². The van der Waals surface area contributed by atoms with E-state index in [1.165, 1.54) is 24.8 Å². The van der Waals surface area contributed by atoms with Crippen LogP contribution in [0.4, 0.5) is 0 Å². The summed E-state index contributed by atoms with van der Waals surface area (Å²) in [6.45, 7) is 11.2. The molecule has 1 atom stereocenters. The average Bonchev–Trinajstić information content (AvgIpc) is 2.66. The maximum absolute atomic E-state index is 8.65. The number of hydrogen-bond acceptors (Lipinski definition) is 3. The van der Waals surface area contributed by atoms with E-state index in [1.54, 1.807) is 0 Å². The second kappa shape index (κ2) is 9.74. The van der Waals surface area contributed by atoms with Crippen molar-refractivity contribution in [1.29, 1.82) is 5.41 Å². The number of piperidine rings is 1. The van der Waals surface area contributed by atoms with Gasteiger partial charge in [0.15, 0.2) is 11.4 Å². The Hall–Kier alpha value is -1.33. The maximum Gasteiger partial charge on any atom is 0.182 e. The molecule has 1 heterocycles. The van der Waals surface area contributed by atoms with Crippen LogP contribution >= 0.6 is 0 Å². The normalized spacial score (nSPS) is 25.1. The minimum Gasteiger partial charge on any atom is -0.494 e. The van der Waals surface area contributed by atoms with Crippen LogP contribution in [0, 0.1) is 11.3 Å². The van der Waals surface area contributed by atoms with Gasteiger partial charge in [-0.3, -0.25) is 5.41 Å². The van der Waals surface area contributed by atoms with E-state index < -0.39 is 5.54 Å². The van der Waals surface area contributed by atoms with Gasteiger partial charge in [0, 0.05) is 18.4 Å². The van der Waals surface area contributed by atoms with E-state index in [2.05, 4.69) is 32.9 Å². The molecule has 0 aromatic heterocycles. The summed E-state index contributed by atoms with van der Waals surface area (Å²) in [7, 11) is 0. The molecule has 0 radical (unpaired) electrons. The molecule has 154 valence electrons. The van der Waals surface area contributed by atoms with Gasteiger partial charge in [0.2, 0.25) is 0 Å². The summed E-state index contributed by atoms with van der Waals surface area (Å²) in [4.78, 5) is 0.